The molecule has 0 saturated carbocycles. The zero-order chi connectivity index (χ0) is 20.2. The number of aromatic amines is 1. The third kappa shape index (κ3) is 4.89. The number of nitrogens with zero attached hydrogens (tertiary/aromatic N) is 4. The first kappa shape index (κ1) is 19.3. The summed E-state index contributed by atoms with van der Waals surface area (Å²) in [6.07, 6.45) is 0.488. The number of aromatic nitrogens is 4. The number of hydrogen-bond donors (Lipinski definition) is 1. The molecule has 1 aromatic carbocycles. The van der Waals surface area contributed by atoms with Crippen LogP contribution in [0.3, 0.4) is 0 Å². The largest absolute Gasteiger partial charge is 0.493 e. The molecule has 1 aliphatic rings. The lowest BCUT2D eigenvalue weighted by atomic mass is 10.2. The number of hydrogen-bond acceptors (Lipinski definition) is 6. The van der Waals surface area contributed by atoms with Gasteiger partial charge >= 0.3 is 0 Å². The Morgan fingerprint density at radius 1 is 1.21 bits per heavy atom. The van der Waals surface area contributed by atoms with Gasteiger partial charge in [-0.05, 0) is 38.1 Å². The van der Waals surface area contributed by atoms with Crippen molar-refractivity contribution in [1.29, 1.82) is 0 Å². The highest BCUT2D eigenvalue weighted by molar-refractivity contribution is 5.34. The monoisotopic (exact) mass is 397 g/mol. The maximum absolute atomic E-state index is 13.2. The second-order valence-electron chi connectivity index (χ2n) is 7.13. The van der Waals surface area contributed by atoms with Gasteiger partial charge in [0.15, 0.2) is 0 Å². The summed E-state index contributed by atoms with van der Waals surface area (Å²) in [6, 6.07) is 10.1. The molecule has 29 heavy (non-hydrogen) atoms. The van der Waals surface area contributed by atoms with Crippen LogP contribution in [0.15, 0.2) is 36.4 Å². The van der Waals surface area contributed by atoms with E-state index in [0.717, 1.165) is 35.3 Å². The molecule has 1 aliphatic heterocycles. The topological polar surface area (TPSA) is 76.2 Å². The first-order valence-electron chi connectivity index (χ1n) is 9.68. The van der Waals surface area contributed by atoms with Gasteiger partial charge in [-0.25, -0.2) is 14.4 Å². The highest BCUT2D eigenvalue weighted by Crippen LogP contribution is 2.24. The van der Waals surface area contributed by atoms with E-state index in [9.17, 15) is 4.39 Å². The SMILES string of the molecule is Cc1cc(C)nc(N2CCO[C@H](c3cc(CCOc4cccc(F)c4)[nH]n3)C2)n1. The van der Waals surface area contributed by atoms with Gasteiger partial charge in [0.2, 0.25) is 5.95 Å². The molecule has 0 radical (unpaired) electrons. The molecule has 2 aromatic heterocycles. The molecule has 152 valence electrons. The van der Waals surface area contributed by atoms with E-state index in [1.165, 1.54) is 12.1 Å². The molecule has 1 saturated heterocycles. The molecule has 0 unspecified atom stereocenters. The van der Waals surface area contributed by atoms with Crippen molar-refractivity contribution in [2.75, 3.05) is 31.2 Å². The smallest absolute Gasteiger partial charge is 0.225 e. The molecule has 0 spiro atoms. The maximum atomic E-state index is 13.2. The quantitative estimate of drug-likeness (QED) is 0.689. The van der Waals surface area contributed by atoms with Crippen molar-refractivity contribution in [1.82, 2.24) is 20.2 Å². The van der Waals surface area contributed by atoms with Gasteiger partial charge in [0.1, 0.15) is 17.7 Å². The summed E-state index contributed by atoms with van der Waals surface area (Å²) in [6.45, 7) is 6.36. The van der Waals surface area contributed by atoms with E-state index >= 15 is 0 Å². The van der Waals surface area contributed by atoms with Crippen LogP contribution in [0.25, 0.3) is 0 Å². The van der Waals surface area contributed by atoms with Crippen LogP contribution >= 0.6 is 0 Å². The molecule has 7 nitrogen and oxygen atoms in total. The predicted octanol–water partition coefficient (Wildman–Crippen LogP) is 3.16. The van der Waals surface area contributed by atoms with Crippen molar-refractivity contribution >= 4 is 5.95 Å². The number of benzene rings is 1. The van der Waals surface area contributed by atoms with Crippen molar-refractivity contribution in [2.24, 2.45) is 0 Å². The van der Waals surface area contributed by atoms with E-state index in [0.29, 0.717) is 31.9 Å². The summed E-state index contributed by atoms with van der Waals surface area (Å²) in [5.74, 6) is 0.942. The van der Waals surface area contributed by atoms with Gasteiger partial charge in [-0.15, -0.1) is 0 Å². The summed E-state index contributed by atoms with van der Waals surface area (Å²) in [4.78, 5) is 11.2. The van der Waals surface area contributed by atoms with Gasteiger partial charge < -0.3 is 14.4 Å². The number of H-pyrrole nitrogens is 1. The minimum Gasteiger partial charge on any atom is -0.493 e. The van der Waals surface area contributed by atoms with Crippen LogP contribution in [0.5, 0.6) is 5.75 Å². The Morgan fingerprint density at radius 2 is 2.03 bits per heavy atom. The summed E-state index contributed by atoms with van der Waals surface area (Å²) in [7, 11) is 0. The van der Waals surface area contributed by atoms with E-state index in [1.807, 2.05) is 26.0 Å². The molecule has 4 rings (SSSR count). The molecule has 0 amide bonds. The van der Waals surface area contributed by atoms with Crippen molar-refractivity contribution in [2.45, 2.75) is 26.4 Å². The van der Waals surface area contributed by atoms with Crippen LogP contribution in [-0.2, 0) is 11.2 Å². The fourth-order valence-electron chi connectivity index (χ4n) is 3.37. The van der Waals surface area contributed by atoms with Gasteiger partial charge in [-0.3, -0.25) is 5.10 Å². The van der Waals surface area contributed by atoms with Crippen molar-refractivity contribution < 1.29 is 13.9 Å². The number of ether oxygens (including phenoxy) is 2. The molecular formula is C21H24FN5O2. The summed E-state index contributed by atoms with van der Waals surface area (Å²) >= 11 is 0. The van der Waals surface area contributed by atoms with E-state index in [4.69, 9.17) is 9.47 Å². The molecule has 3 heterocycles. The fraction of sp³-hybridized carbons (Fsp3) is 0.381. The summed E-state index contributed by atoms with van der Waals surface area (Å²) in [5.41, 5.74) is 3.70. The minimum absolute atomic E-state index is 0.151. The molecule has 1 atom stereocenters. The van der Waals surface area contributed by atoms with Crippen molar-refractivity contribution in [3.8, 4) is 5.75 Å². The zero-order valence-electron chi connectivity index (χ0n) is 16.6. The molecular weight excluding hydrogens is 373 g/mol. The van der Waals surface area contributed by atoms with Crippen LogP contribution in [0.2, 0.25) is 0 Å². The van der Waals surface area contributed by atoms with Crippen molar-refractivity contribution in [3.63, 3.8) is 0 Å². The Kier molecular flexibility index (Phi) is 5.71. The molecule has 1 fully saturated rings. The highest BCUT2D eigenvalue weighted by Gasteiger charge is 2.26. The van der Waals surface area contributed by atoms with E-state index < -0.39 is 0 Å². The fourth-order valence-corrected chi connectivity index (χ4v) is 3.37. The second kappa shape index (κ2) is 8.57. The van der Waals surface area contributed by atoms with Crippen LogP contribution in [0.1, 0.15) is 28.9 Å². The third-order valence-corrected chi connectivity index (χ3v) is 4.74. The van der Waals surface area contributed by atoms with Gasteiger partial charge in [0.05, 0.1) is 25.5 Å². The zero-order valence-corrected chi connectivity index (χ0v) is 16.6. The molecule has 0 aliphatic carbocycles. The van der Waals surface area contributed by atoms with E-state index in [1.54, 1.807) is 12.1 Å². The number of aryl methyl sites for hydroxylation is 2. The molecule has 0 bridgehead atoms. The van der Waals surface area contributed by atoms with Crippen LogP contribution in [-0.4, -0.2) is 46.5 Å². The third-order valence-electron chi connectivity index (χ3n) is 4.74. The van der Waals surface area contributed by atoms with E-state index in [2.05, 4.69) is 25.1 Å². The maximum Gasteiger partial charge on any atom is 0.225 e. The Balaban J connectivity index is 1.36. The first-order valence-corrected chi connectivity index (χ1v) is 9.68. The predicted molar refractivity (Wildman–Crippen MR) is 107 cm³/mol. The van der Waals surface area contributed by atoms with Crippen LogP contribution < -0.4 is 9.64 Å². The average molecular weight is 397 g/mol. The van der Waals surface area contributed by atoms with Crippen LogP contribution in [0, 0.1) is 19.7 Å². The number of rotatable bonds is 6. The minimum atomic E-state index is -0.307. The highest BCUT2D eigenvalue weighted by atomic mass is 19.1. The first-order chi connectivity index (χ1) is 14.1. The number of halogens is 1. The lowest BCUT2D eigenvalue weighted by molar-refractivity contribution is 0.0364. The van der Waals surface area contributed by atoms with Gasteiger partial charge in [-0.1, -0.05) is 6.07 Å². The lowest BCUT2D eigenvalue weighted by Crippen LogP contribution is -2.39. The van der Waals surface area contributed by atoms with Gasteiger partial charge in [-0.2, -0.15) is 5.10 Å². The van der Waals surface area contributed by atoms with Gasteiger partial charge in [0, 0.05) is 36.1 Å². The Bertz CT molecular complexity index is 957. The van der Waals surface area contributed by atoms with Gasteiger partial charge in [0.25, 0.3) is 0 Å². The molecule has 3 aromatic rings. The number of anilines is 1. The standard InChI is InChI=1S/C21H24FN5O2/c1-14-10-15(2)24-21(23-14)27-7-9-29-20(13-27)19-12-17(25-26-19)6-8-28-18-5-3-4-16(22)11-18/h3-5,10-12,20H,6-9,13H2,1-2H3,(H,25,26)/t20-/m0/s1. The Labute approximate surface area is 168 Å². The summed E-state index contributed by atoms with van der Waals surface area (Å²) < 4.78 is 24.7. The number of nitrogens with one attached hydrogen (secondary N) is 1. The Morgan fingerprint density at radius 3 is 2.83 bits per heavy atom. The molecule has 1 N–H and O–H groups in total. The van der Waals surface area contributed by atoms with E-state index in [-0.39, 0.29) is 11.9 Å². The van der Waals surface area contributed by atoms with Crippen LogP contribution in [0.4, 0.5) is 10.3 Å². The Hall–Kier alpha value is -3.00. The van der Waals surface area contributed by atoms with Crippen molar-refractivity contribution in [3.05, 3.63) is 65.0 Å². The lowest BCUT2D eigenvalue weighted by Gasteiger charge is -2.32. The average Bonchev–Trinajstić information content (AvgIpc) is 3.16. The number of morpholine rings is 1. The molecule has 8 heteroatoms. The normalized spacial score (nSPS) is 16.8. The second-order valence-corrected chi connectivity index (χ2v) is 7.13. The summed E-state index contributed by atoms with van der Waals surface area (Å²) in [5, 5.41) is 7.45.